The van der Waals surface area contributed by atoms with Crippen LogP contribution in [-0.2, 0) is 9.53 Å². The molecule has 0 spiro atoms. The highest BCUT2D eigenvalue weighted by Crippen LogP contribution is 2.34. The van der Waals surface area contributed by atoms with Crippen molar-refractivity contribution in [3.63, 3.8) is 0 Å². The van der Waals surface area contributed by atoms with Gasteiger partial charge in [0.05, 0.1) is 23.1 Å². The molecule has 196 valence electrons. The second-order valence-electron chi connectivity index (χ2n) is 9.83. The smallest absolute Gasteiger partial charge is 0.267 e. The number of aromatic nitrogens is 2. The van der Waals surface area contributed by atoms with Gasteiger partial charge in [0.1, 0.15) is 15.8 Å². The number of pyridine rings is 1. The first-order chi connectivity index (χ1) is 18.5. The number of carbonyl (C=O) groups excluding carboxylic acids is 1. The molecule has 10 heteroatoms. The van der Waals surface area contributed by atoms with Gasteiger partial charge in [-0.3, -0.25) is 18.9 Å². The minimum absolute atomic E-state index is 0.00394. The predicted molar refractivity (Wildman–Crippen MR) is 156 cm³/mol. The van der Waals surface area contributed by atoms with Gasteiger partial charge in [0, 0.05) is 44.7 Å². The number of nitrogens with zero attached hydrogens (tertiary/aromatic N) is 5. The third kappa shape index (κ3) is 4.83. The average molecular weight is 548 g/mol. The van der Waals surface area contributed by atoms with Gasteiger partial charge in [0.25, 0.3) is 11.5 Å². The summed E-state index contributed by atoms with van der Waals surface area (Å²) in [4.78, 5) is 38.7. The first-order valence-electron chi connectivity index (χ1n) is 12.9. The molecule has 5 heterocycles. The second-order valence-corrected chi connectivity index (χ2v) is 11.5. The van der Waals surface area contributed by atoms with Crippen LogP contribution >= 0.6 is 24.0 Å². The Morgan fingerprint density at radius 3 is 2.58 bits per heavy atom. The first kappa shape index (κ1) is 25.1. The summed E-state index contributed by atoms with van der Waals surface area (Å²) in [6.45, 7) is 6.15. The van der Waals surface area contributed by atoms with Gasteiger partial charge in [-0.05, 0) is 49.6 Å². The largest absolute Gasteiger partial charge is 0.376 e. The van der Waals surface area contributed by atoms with Crippen molar-refractivity contribution in [2.45, 2.75) is 25.9 Å². The van der Waals surface area contributed by atoms with Crippen molar-refractivity contribution in [1.82, 2.24) is 14.3 Å². The average Bonchev–Trinajstić information content (AvgIpc) is 3.55. The van der Waals surface area contributed by atoms with Gasteiger partial charge in [0.15, 0.2) is 0 Å². The normalized spacial score (nSPS) is 21.3. The van der Waals surface area contributed by atoms with Crippen LogP contribution in [0.1, 0.15) is 24.0 Å². The monoisotopic (exact) mass is 547 g/mol. The van der Waals surface area contributed by atoms with Crippen LogP contribution in [0.3, 0.4) is 0 Å². The zero-order valence-electron chi connectivity index (χ0n) is 21.2. The van der Waals surface area contributed by atoms with Gasteiger partial charge < -0.3 is 14.5 Å². The van der Waals surface area contributed by atoms with E-state index in [0.717, 1.165) is 38.1 Å². The molecule has 0 aliphatic carbocycles. The molecule has 1 atom stereocenters. The lowest BCUT2D eigenvalue weighted by molar-refractivity contribution is -0.123. The number of benzene rings is 1. The van der Waals surface area contributed by atoms with Gasteiger partial charge in [-0.1, -0.05) is 48.2 Å². The van der Waals surface area contributed by atoms with E-state index in [-0.39, 0.29) is 17.6 Å². The number of piperazine rings is 1. The summed E-state index contributed by atoms with van der Waals surface area (Å²) in [5, 5.41) is 0. The molecule has 0 saturated carbocycles. The number of para-hydroxylation sites is 1. The van der Waals surface area contributed by atoms with Gasteiger partial charge in [0.2, 0.25) is 0 Å². The van der Waals surface area contributed by atoms with Crippen LogP contribution in [-0.4, -0.2) is 69.9 Å². The lowest BCUT2D eigenvalue weighted by Crippen LogP contribution is -2.47. The molecule has 6 rings (SSSR count). The van der Waals surface area contributed by atoms with Gasteiger partial charge in [-0.25, -0.2) is 4.98 Å². The van der Waals surface area contributed by atoms with Crippen molar-refractivity contribution in [1.29, 1.82) is 0 Å². The van der Waals surface area contributed by atoms with E-state index in [4.69, 9.17) is 21.9 Å². The van der Waals surface area contributed by atoms with E-state index in [1.54, 1.807) is 21.6 Å². The number of rotatable bonds is 5. The van der Waals surface area contributed by atoms with Crippen LogP contribution in [0, 0.1) is 6.92 Å². The van der Waals surface area contributed by atoms with Crippen LogP contribution < -0.4 is 15.4 Å². The predicted octanol–water partition coefficient (Wildman–Crippen LogP) is 3.71. The molecular formula is C28H29N5O3S2. The molecule has 1 amide bonds. The summed E-state index contributed by atoms with van der Waals surface area (Å²) in [5.74, 6) is 0.431. The molecule has 3 aromatic rings. The maximum absolute atomic E-state index is 13.8. The third-order valence-corrected chi connectivity index (χ3v) is 8.62. The molecule has 3 saturated heterocycles. The van der Waals surface area contributed by atoms with Crippen LogP contribution in [0.4, 0.5) is 11.5 Å². The summed E-state index contributed by atoms with van der Waals surface area (Å²) in [7, 11) is 0. The Kier molecular flexibility index (Phi) is 6.94. The zero-order chi connectivity index (χ0) is 26.2. The van der Waals surface area contributed by atoms with Crippen molar-refractivity contribution in [2.24, 2.45) is 0 Å². The minimum Gasteiger partial charge on any atom is -0.376 e. The highest BCUT2D eigenvalue weighted by Gasteiger charge is 2.35. The Hall–Kier alpha value is -3.21. The van der Waals surface area contributed by atoms with Crippen LogP contribution in [0.5, 0.6) is 0 Å². The van der Waals surface area contributed by atoms with Gasteiger partial charge >= 0.3 is 0 Å². The van der Waals surface area contributed by atoms with E-state index < -0.39 is 0 Å². The number of aryl methyl sites for hydroxylation is 1. The SMILES string of the molecule is Cc1ccc2nc(N3CCN(c4ccccc4)CC3)c(C=C3SC(=S)N(CC4CCCO4)C3=O)c(=O)n2c1. The Balaban J connectivity index is 1.35. The number of amides is 1. The fraction of sp³-hybridized carbons (Fsp3) is 0.357. The molecule has 0 bridgehead atoms. The maximum atomic E-state index is 13.8. The second kappa shape index (κ2) is 10.5. The summed E-state index contributed by atoms with van der Waals surface area (Å²) in [6, 6.07) is 14.2. The number of ether oxygens (including phenoxy) is 1. The molecule has 38 heavy (non-hydrogen) atoms. The van der Waals surface area contributed by atoms with Crippen molar-refractivity contribution in [3.8, 4) is 0 Å². The number of thioether (sulfide) groups is 1. The van der Waals surface area contributed by atoms with Crippen molar-refractivity contribution >= 4 is 57.4 Å². The Labute approximate surface area is 230 Å². The van der Waals surface area contributed by atoms with Crippen molar-refractivity contribution < 1.29 is 9.53 Å². The highest BCUT2D eigenvalue weighted by atomic mass is 32.2. The summed E-state index contributed by atoms with van der Waals surface area (Å²) in [5.41, 5.74) is 2.95. The van der Waals surface area contributed by atoms with E-state index in [9.17, 15) is 9.59 Å². The number of thiocarbonyl (C=S) groups is 1. The Morgan fingerprint density at radius 2 is 1.84 bits per heavy atom. The van der Waals surface area contributed by atoms with Crippen LogP contribution in [0.25, 0.3) is 11.7 Å². The van der Waals surface area contributed by atoms with E-state index >= 15 is 0 Å². The van der Waals surface area contributed by atoms with Gasteiger partial charge in [-0.2, -0.15) is 0 Å². The molecule has 3 aliphatic rings. The molecule has 3 aliphatic heterocycles. The summed E-state index contributed by atoms with van der Waals surface area (Å²) >= 11 is 6.79. The molecule has 2 aromatic heterocycles. The molecule has 1 unspecified atom stereocenters. The number of anilines is 2. The fourth-order valence-electron chi connectivity index (χ4n) is 5.21. The molecule has 3 fully saturated rings. The lowest BCUT2D eigenvalue weighted by Gasteiger charge is -2.37. The molecule has 0 N–H and O–H groups in total. The molecule has 1 aromatic carbocycles. The van der Waals surface area contributed by atoms with E-state index in [1.807, 2.05) is 37.3 Å². The van der Waals surface area contributed by atoms with Gasteiger partial charge in [-0.15, -0.1) is 0 Å². The highest BCUT2D eigenvalue weighted by molar-refractivity contribution is 8.26. The minimum atomic E-state index is -0.191. The van der Waals surface area contributed by atoms with E-state index in [0.29, 0.717) is 45.9 Å². The first-order valence-corrected chi connectivity index (χ1v) is 14.2. The Bertz CT molecular complexity index is 1480. The quantitative estimate of drug-likeness (QED) is 0.354. The zero-order valence-corrected chi connectivity index (χ0v) is 22.8. The number of hydrogen-bond donors (Lipinski definition) is 0. The number of carbonyl (C=O) groups is 1. The summed E-state index contributed by atoms with van der Waals surface area (Å²) in [6.07, 6.45) is 5.41. The van der Waals surface area contributed by atoms with Crippen molar-refractivity contribution in [2.75, 3.05) is 49.1 Å². The third-order valence-electron chi connectivity index (χ3n) is 7.25. The summed E-state index contributed by atoms with van der Waals surface area (Å²) < 4.78 is 7.79. The van der Waals surface area contributed by atoms with E-state index in [1.165, 1.54) is 17.4 Å². The lowest BCUT2D eigenvalue weighted by atomic mass is 10.2. The van der Waals surface area contributed by atoms with Crippen LogP contribution in [0.2, 0.25) is 0 Å². The number of hydrogen-bond acceptors (Lipinski definition) is 8. The van der Waals surface area contributed by atoms with E-state index in [2.05, 4.69) is 21.9 Å². The van der Waals surface area contributed by atoms with Crippen molar-refractivity contribution in [3.05, 3.63) is 75.0 Å². The topological polar surface area (TPSA) is 70.4 Å². The maximum Gasteiger partial charge on any atom is 0.267 e. The molecule has 0 radical (unpaired) electrons. The van der Waals surface area contributed by atoms with Crippen LogP contribution in [0.15, 0.2) is 58.4 Å². The fourth-order valence-corrected chi connectivity index (χ4v) is 6.47. The molecular weight excluding hydrogens is 518 g/mol. The Morgan fingerprint density at radius 1 is 1.08 bits per heavy atom. The standard InChI is InChI=1S/C28H29N5O3S2/c1-19-9-10-24-29-25(31-13-11-30(12-14-31)20-6-3-2-4-7-20)22(26(34)32(24)17-19)16-23-27(35)33(28(37)38-23)18-21-8-5-15-36-21/h2-4,6-7,9-10,16-17,21H,5,8,11-15,18H2,1H3. The molecule has 8 nitrogen and oxygen atoms in total. The number of fused-ring (bicyclic) bond motifs is 1.